The number of hydrogen-bond donors (Lipinski definition) is 2. The summed E-state index contributed by atoms with van der Waals surface area (Å²) in [6.45, 7) is 7.67. The maximum Gasteiger partial charge on any atom is 0.0345 e. The lowest BCUT2D eigenvalue weighted by atomic mass is 9.84. The second kappa shape index (κ2) is 5.83. The highest BCUT2D eigenvalue weighted by Crippen LogP contribution is 2.34. The molecule has 2 nitrogen and oxygen atoms in total. The van der Waals surface area contributed by atoms with Gasteiger partial charge in [0.05, 0.1) is 0 Å². The molecule has 98 valence electrons. The first-order valence-corrected chi connectivity index (χ1v) is 7.35. The summed E-state index contributed by atoms with van der Waals surface area (Å²) in [4.78, 5) is 0. The molecule has 0 atom stereocenters. The first-order valence-electron chi connectivity index (χ1n) is 6.47. The average Bonchev–Trinajstić information content (AvgIpc) is 2.79. The zero-order valence-electron chi connectivity index (χ0n) is 11.4. The van der Waals surface area contributed by atoms with Crippen LogP contribution in [0, 0.1) is 0 Å². The molecule has 1 aromatic carbocycles. The van der Waals surface area contributed by atoms with Gasteiger partial charge < -0.3 is 10.6 Å². The third-order valence-corrected chi connectivity index (χ3v) is 4.29. The maximum absolute atomic E-state index is 3.52. The number of thiophene rings is 1. The van der Waals surface area contributed by atoms with Crippen molar-refractivity contribution < 1.29 is 0 Å². The lowest BCUT2D eigenvalue weighted by Gasteiger charge is -2.25. The van der Waals surface area contributed by atoms with Gasteiger partial charge in [-0.25, -0.2) is 0 Å². The summed E-state index contributed by atoms with van der Waals surface area (Å²) in [5, 5.41) is 10.4. The molecule has 0 bridgehead atoms. The molecular formula is C15H22N2S. The Morgan fingerprint density at radius 3 is 2.72 bits per heavy atom. The van der Waals surface area contributed by atoms with Gasteiger partial charge in [0.1, 0.15) is 0 Å². The molecule has 0 spiro atoms. The van der Waals surface area contributed by atoms with E-state index in [1.165, 1.54) is 15.6 Å². The van der Waals surface area contributed by atoms with Crippen LogP contribution in [0.25, 0.3) is 10.1 Å². The molecule has 0 unspecified atom stereocenters. The zero-order chi connectivity index (χ0) is 13.0. The molecule has 1 aromatic heterocycles. The fourth-order valence-electron chi connectivity index (χ4n) is 2.21. The van der Waals surface area contributed by atoms with Crippen molar-refractivity contribution in [3.05, 3.63) is 35.2 Å². The van der Waals surface area contributed by atoms with Gasteiger partial charge >= 0.3 is 0 Å². The largest absolute Gasteiger partial charge is 0.318 e. The average molecular weight is 262 g/mol. The van der Waals surface area contributed by atoms with Gasteiger partial charge in [0.15, 0.2) is 0 Å². The van der Waals surface area contributed by atoms with Gasteiger partial charge in [0, 0.05) is 29.7 Å². The minimum atomic E-state index is 0.174. The molecule has 2 N–H and O–H groups in total. The molecule has 0 radical (unpaired) electrons. The highest BCUT2D eigenvalue weighted by Gasteiger charge is 2.23. The Hall–Kier alpha value is -0.900. The second-order valence-electron chi connectivity index (χ2n) is 5.31. The van der Waals surface area contributed by atoms with Crippen LogP contribution in [-0.4, -0.2) is 26.7 Å². The van der Waals surface area contributed by atoms with Crippen LogP contribution in [0.5, 0.6) is 0 Å². The van der Waals surface area contributed by atoms with Crippen molar-refractivity contribution in [2.75, 3.05) is 26.7 Å². The molecule has 0 aliphatic heterocycles. The summed E-state index contributed by atoms with van der Waals surface area (Å²) < 4.78 is 1.38. The van der Waals surface area contributed by atoms with Crippen molar-refractivity contribution in [3.8, 4) is 0 Å². The van der Waals surface area contributed by atoms with Gasteiger partial charge in [0.2, 0.25) is 0 Å². The van der Waals surface area contributed by atoms with E-state index in [1.807, 2.05) is 18.4 Å². The van der Waals surface area contributed by atoms with Crippen LogP contribution in [-0.2, 0) is 5.41 Å². The van der Waals surface area contributed by atoms with E-state index >= 15 is 0 Å². The van der Waals surface area contributed by atoms with E-state index in [1.54, 1.807) is 0 Å². The van der Waals surface area contributed by atoms with Crippen LogP contribution < -0.4 is 10.6 Å². The predicted molar refractivity (Wildman–Crippen MR) is 81.6 cm³/mol. The predicted octanol–water partition coefficient (Wildman–Crippen LogP) is 2.99. The fraction of sp³-hybridized carbons (Fsp3) is 0.467. The number of rotatable bonds is 6. The number of hydrogen-bond acceptors (Lipinski definition) is 3. The highest BCUT2D eigenvalue weighted by atomic mass is 32.1. The molecule has 0 fully saturated rings. The SMILES string of the molecule is CNCCNCC(C)(C)c1csc2ccccc12. The van der Waals surface area contributed by atoms with Crippen molar-refractivity contribution in [1.29, 1.82) is 0 Å². The van der Waals surface area contributed by atoms with E-state index < -0.39 is 0 Å². The Balaban J connectivity index is 2.13. The zero-order valence-corrected chi connectivity index (χ0v) is 12.2. The second-order valence-corrected chi connectivity index (χ2v) is 6.22. The standard InChI is InChI=1S/C15H22N2S/c1-15(2,11-17-9-8-16-3)13-10-18-14-7-5-4-6-12(13)14/h4-7,10,16-17H,8-9,11H2,1-3H3. The van der Waals surface area contributed by atoms with E-state index in [4.69, 9.17) is 0 Å². The Labute approximate surface area is 113 Å². The summed E-state index contributed by atoms with van der Waals surface area (Å²) in [5.74, 6) is 0. The van der Waals surface area contributed by atoms with Crippen molar-refractivity contribution in [2.24, 2.45) is 0 Å². The third kappa shape index (κ3) is 2.91. The van der Waals surface area contributed by atoms with Crippen LogP contribution in [0.4, 0.5) is 0 Å². The van der Waals surface area contributed by atoms with E-state index in [0.717, 1.165) is 19.6 Å². The number of benzene rings is 1. The monoisotopic (exact) mass is 262 g/mol. The van der Waals surface area contributed by atoms with Crippen LogP contribution >= 0.6 is 11.3 Å². The molecule has 0 saturated carbocycles. The fourth-order valence-corrected chi connectivity index (χ4v) is 3.36. The summed E-state index contributed by atoms with van der Waals surface area (Å²) >= 11 is 1.84. The molecule has 1 heterocycles. The lowest BCUT2D eigenvalue weighted by molar-refractivity contribution is 0.472. The third-order valence-electron chi connectivity index (χ3n) is 3.33. The molecule has 0 saturated heterocycles. The molecule has 3 heteroatoms. The highest BCUT2D eigenvalue weighted by molar-refractivity contribution is 7.17. The van der Waals surface area contributed by atoms with Gasteiger partial charge in [-0.05, 0) is 29.4 Å². The van der Waals surface area contributed by atoms with E-state index in [0.29, 0.717) is 0 Å². The Morgan fingerprint density at radius 1 is 1.17 bits per heavy atom. The first kappa shape index (κ1) is 13.5. The van der Waals surface area contributed by atoms with Crippen molar-refractivity contribution in [2.45, 2.75) is 19.3 Å². The minimum Gasteiger partial charge on any atom is -0.318 e. The summed E-state index contributed by atoms with van der Waals surface area (Å²) in [5.41, 5.74) is 1.63. The van der Waals surface area contributed by atoms with Gasteiger partial charge in [-0.3, -0.25) is 0 Å². The number of fused-ring (bicyclic) bond motifs is 1. The van der Waals surface area contributed by atoms with E-state index in [-0.39, 0.29) is 5.41 Å². The molecule has 0 aliphatic carbocycles. The van der Waals surface area contributed by atoms with E-state index in [2.05, 4.69) is 54.1 Å². The lowest BCUT2D eigenvalue weighted by Crippen LogP contribution is -2.36. The topological polar surface area (TPSA) is 24.1 Å². The quantitative estimate of drug-likeness (QED) is 0.782. The Kier molecular flexibility index (Phi) is 4.38. The Bertz CT molecular complexity index is 502. The minimum absolute atomic E-state index is 0.174. The molecular weight excluding hydrogens is 240 g/mol. The summed E-state index contributed by atoms with van der Waals surface area (Å²) in [6.07, 6.45) is 0. The number of nitrogens with one attached hydrogen (secondary N) is 2. The van der Waals surface area contributed by atoms with E-state index in [9.17, 15) is 0 Å². The van der Waals surface area contributed by atoms with Gasteiger partial charge in [0.25, 0.3) is 0 Å². The van der Waals surface area contributed by atoms with Gasteiger partial charge in [-0.2, -0.15) is 0 Å². The van der Waals surface area contributed by atoms with Crippen LogP contribution in [0.15, 0.2) is 29.6 Å². The van der Waals surface area contributed by atoms with Gasteiger partial charge in [-0.15, -0.1) is 11.3 Å². The van der Waals surface area contributed by atoms with Crippen LogP contribution in [0.3, 0.4) is 0 Å². The number of likely N-dealkylation sites (N-methyl/N-ethyl adjacent to an activating group) is 1. The van der Waals surface area contributed by atoms with Crippen LogP contribution in [0.2, 0.25) is 0 Å². The molecule has 0 amide bonds. The molecule has 2 rings (SSSR count). The summed E-state index contributed by atoms with van der Waals surface area (Å²) in [7, 11) is 1.99. The normalized spacial score (nSPS) is 12.2. The Morgan fingerprint density at radius 2 is 1.94 bits per heavy atom. The smallest absolute Gasteiger partial charge is 0.0345 e. The van der Waals surface area contributed by atoms with Crippen molar-refractivity contribution in [3.63, 3.8) is 0 Å². The molecule has 0 aliphatic rings. The van der Waals surface area contributed by atoms with Crippen molar-refractivity contribution >= 4 is 21.4 Å². The molecule has 18 heavy (non-hydrogen) atoms. The first-order chi connectivity index (χ1) is 8.65. The maximum atomic E-state index is 3.52. The van der Waals surface area contributed by atoms with Gasteiger partial charge in [-0.1, -0.05) is 32.0 Å². The summed E-state index contributed by atoms with van der Waals surface area (Å²) in [6, 6.07) is 8.67. The molecule has 2 aromatic rings. The van der Waals surface area contributed by atoms with Crippen LogP contribution in [0.1, 0.15) is 19.4 Å². The van der Waals surface area contributed by atoms with Crippen molar-refractivity contribution in [1.82, 2.24) is 10.6 Å².